The number of aromatic nitrogens is 1. The normalized spacial score (nSPS) is 11.9. The largest absolute Gasteiger partial charge is 0.461 e. The van der Waals surface area contributed by atoms with Crippen molar-refractivity contribution in [3.8, 4) is 0 Å². The number of benzene rings is 1. The monoisotopic (exact) mass is 343 g/mol. The molecule has 0 unspecified atom stereocenters. The van der Waals surface area contributed by atoms with Gasteiger partial charge >= 0.3 is 12.1 Å². The lowest BCUT2D eigenvalue weighted by Gasteiger charge is -2.07. The first-order chi connectivity index (χ1) is 11.2. The number of esters is 1. The van der Waals surface area contributed by atoms with Crippen molar-refractivity contribution in [2.24, 2.45) is 0 Å². The van der Waals surface area contributed by atoms with Gasteiger partial charge in [0.2, 0.25) is 5.89 Å². The first-order valence-electron chi connectivity index (χ1n) is 6.91. The molecule has 0 aliphatic carbocycles. The summed E-state index contributed by atoms with van der Waals surface area (Å²) in [5.41, 5.74) is -1.16. The number of hydrogen-bond acceptors (Lipinski definition) is 4. The van der Waals surface area contributed by atoms with Crippen LogP contribution in [0.4, 0.5) is 17.6 Å². The first-order valence-corrected chi connectivity index (χ1v) is 6.91. The molecular weight excluding hydrogens is 330 g/mol. The number of carbonyl (C=O) groups is 1. The van der Waals surface area contributed by atoms with Gasteiger partial charge in [-0.25, -0.2) is 14.2 Å². The Morgan fingerprint density at radius 1 is 1.33 bits per heavy atom. The molecule has 1 heterocycles. The van der Waals surface area contributed by atoms with E-state index in [9.17, 15) is 22.4 Å². The lowest BCUT2D eigenvalue weighted by molar-refractivity contribution is -0.137. The van der Waals surface area contributed by atoms with Crippen molar-refractivity contribution in [3.63, 3.8) is 0 Å². The number of halogens is 4. The molecule has 0 fully saturated rings. The van der Waals surface area contributed by atoms with E-state index < -0.39 is 23.5 Å². The Hall–Kier alpha value is -2.64. The zero-order valence-electron chi connectivity index (χ0n) is 12.8. The maximum atomic E-state index is 13.7. The summed E-state index contributed by atoms with van der Waals surface area (Å²) >= 11 is 0. The fourth-order valence-corrected chi connectivity index (χ4v) is 1.88. The summed E-state index contributed by atoms with van der Waals surface area (Å²) in [5, 5.41) is 0. The van der Waals surface area contributed by atoms with Crippen molar-refractivity contribution >= 4 is 18.1 Å². The zero-order valence-corrected chi connectivity index (χ0v) is 12.8. The van der Waals surface area contributed by atoms with Crippen LogP contribution in [0.1, 0.15) is 40.2 Å². The second-order valence-electron chi connectivity index (χ2n) is 4.74. The van der Waals surface area contributed by atoms with E-state index in [1.54, 1.807) is 6.92 Å². The van der Waals surface area contributed by atoms with Gasteiger partial charge in [-0.3, -0.25) is 0 Å². The molecule has 8 heteroatoms. The second kappa shape index (κ2) is 6.86. The molecule has 2 rings (SSSR count). The molecule has 24 heavy (non-hydrogen) atoms. The highest BCUT2D eigenvalue weighted by molar-refractivity contribution is 5.88. The predicted octanol–water partition coefficient (Wildman–Crippen LogP) is 4.49. The molecule has 1 aromatic heterocycles. The zero-order chi connectivity index (χ0) is 17.9. The van der Waals surface area contributed by atoms with Gasteiger partial charge in [0.25, 0.3) is 0 Å². The van der Waals surface area contributed by atoms with Gasteiger partial charge in [0.05, 0.1) is 12.2 Å². The summed E-state index contributed by atoms with van der Waals surface area (Å²) in [6.45, 7) is 3.32. The standard InChI is InChI=1S/C16H13F4NO3/c1-3-23-15(22)14-9(2)24-13(21-14)7-5-10-4-6-11(8-12(10)17)16(18,19)20/h4-8H,3H2,1-2H3/b7-5+. The molecule has 0 spiro atoms. The van der Waals surface area contributed by atoms with Crippen LogP contribution in [0.2, 0.25) is 0 Å². The molecule has 0 N–H and O–H groups in total. The molecule has 0 saturated carbocycles. The van der Waals surface area contributed by atoms with E-state index in [2.05, 4.69) is 4.98 Å². The molecule has 2 aromatic rings. The van der Waals surface area contributed by atoms with E-state index in [0.29, 0.717) is 6.07 Å². The van der Waals surface area contributed by atoms with Crippen LogP contribution < -0.4 is 0 Å². The number of ether oxygens (including phenoxy) is 1. The van der Waals surface area contributed by atoms with Gasteiger partial charge in [-0.1, -0.05) is 6.07 Å². The van der Waals surface area contributed by atoms with Crippen molar-refractivity contribution in [1.82, 2.24) is 4.98 Å². The third-order valence-electron chi connectivity index (χ3n) is 3.02. The van der Waals surface area contributed by atoms with Crippen LogP contribution in [0.15, 0.2) is 22.6 Å². The summed E-state index contributed by atoms with van der Waals surface area (Å²) in [4.78, 5) is 15.5. The molecule has 0 radical (unpaired) electrons. The smallest absolute Gasteiger partial charge is 0.416 e. The van der Waals surface area contributed by atoms with Crippen LogP contribution in [0.25, 0.3) is 12.2 Å². The second-order valence-corrected chi connectivity index (χ2v) is 4.74. The Morgan fingerprint density at radius 3 is 2.62 bits per heavy atom. The summed E-state index contributed by atoms with van der Waals surface area (Å²) in [6.07, 6.45) is -2.16. The highest BCUT2D eigenvalue weighted by atomic mass is 19.4. The number of carbonyl (C=O) groups excluding carboxylic acids is 1. The van der Waals surface area contributed by atoms with Crippen LogP contribution in [0, 0.1) is 12.7 Å². The molecule has 0 amide bonds. The average Bonchev–Trinajstić information content (AvgIpc) is 2.86. The number of hydrogen-bond donors (Lipinski definition) is 0. The van der Waals surface area contributed by atoms with Crippen LogP contribution in [0.3, 0.4) is 0 Å². The van der Waals surface area contributed by atoms with Crippen molar-refractivity contribution in [2.75, 3.05) is 6.61 Å². The van der Waals surface area contributed by atoms with E-state index >= 15 is 0 Å². The molecule has 0 aliphatic heterocycles. The highest BCUT2D eigenvalue weighted by Gasteiger charge is 2.31. The molecule has 0 aliphatic rings. The maximum absolute atomic E-state index is 13.7. The SMILES string of the molecule is CCOC(=O)c1nc(/C=C/c2ccc(C(F)(F)F)cc2F)oc1C. The van der Waals surface area contributed by atoms with E-state index in [-0.39, 0.29) is 29.5 Å². The Morgan fingerprint density at radius 2 is 2.04 bits per heavy atom. The Labute approximate surface area is 134 Å². The predicted molar refractivity (Wildman–Crippen MR) is 77.5 cm³/mol. The summed E-state index contributed by atoms with van der Waals surface area (Å²) < 4.78 is 61.2. The van der Waals surface area contributed by atoms with E-state index in [0.717, 1.165) is 12.1 Å². The van der Waals surface area contributed by atoms with Gasteiger partial charge in [0.1, 0.15) is 11.6 Å². The van der Waals surface area contributed by atoms with Gasteiger partial charge in [-0.2, -0.15) is 13.2 Å². The fraction of sp³-hybridized carbons (Fsp3) is 0.250. The number of nitrogens with zero attached hydrogens (tertiary/aromatic N) is 1. The lowest BCUT2D eigenvalue weighted by atomic mass is 10.1. The molecular formula is C16H13F4NO3. The lowest BCUT2D eigenvalue weighted by Crippen LogP contribution is -2.06. The van der Waals surface area contributed by atoms with Crippen molar-refractivity contribution in [1.29, 1.82) is 0 Å². The molecule has 4 nitrogen and oxygen atoms in total. The first kappa shape index (κ1) is 17.7. The van der Waals surface area contributed by atoms with Gasteiger partial charge in [0.15, 0.2) is 5.69 Å². The third kappa shape index (κ3) is 4.01. The maximum Gasteiger partial charge on any atom is 0.416 e. The van der Waals surface area contributed by atoms with E-state index in [1.807, 2.05) is 0 Å². The Kier molecular flexibility index (Phi) is 5.06. The van der Waals surface area contributed by atoms with Crippen LogP contribution in [-0.2, 0) is 10.9 Å². The van der Waals surface area contributed by atoms with Gasteiger partial charge in [-0.15, -0.1) is 0 Å². The highest BCUT2D eigenvalue weighted by Crippen LogP contribution is 2.30. The molecule has 128 valence electrons. The minimum atomic E-state index is -4.61. The number of oxazole rings is 1. The number of aryl methyl sites for hydroxylation is 1. The van der Waals surface area contributed by atoms with Gasteiger partial charge in [0, 0.05) is 11.6 Å². The fourth-order valence-electron chi connectivity index (χ4n) is 1.88. The third-order valence-corrected chi connectivity index (χ3v) is 3.02. The topological polar surface area (TPSA) is 52.3 Å². The van der Waals surface area contributed by atoms with Crippen molar-refractivity contribution in [2.45, 2.75) is 20.0 Å². The molecule has 0 saturated heterocycles. The summed E-state index contributed by atoms with van der Waals surface area (Å²) in [5.74, 6) is -1.45. The minimum Gasteiger partial charge on any atom is -0.461 e. The summed E-state index contributed by atoms with van der Waals surface area (Å²) in [6, 6.07) is 2.18. The Bertz CT molecular complexity index is 778. The van der Waals surface area contributed by atoms with Crippen LogP contribution in [-0.4, -0.2) is 17.6 Å². The summed E-state index contributed by atoms with van der Waals surface area (Å²) in [7, 11) is 0. The van der Waals surface area contributed by atoms with Gasteiger partial charge < -0.3 is 9.15 Å². The number of alkyl halides is 3. The van der Waals surface area contributed by atoms with Crippen LogP contribution >= 0.6 is 0 Å². The Balaban J connectivity index is 2.23. The average molecular weight is 343 g/mol. The van der Waals surface area contributed by atoms with Crippen molar-refractivity contribution in [3.05, 3.63) is 52.5 Å². The minimum absolute atomic E-state index is 0.00912. The number of rotatable bonds is 4. The van der Waals surface area contributed by atoms with E-state index in [4.69, 9.17) is 9.15 Å². The van der Waals surface area contributed by atoms with E-state index in [1.165, 1.54) is 19.1 Å². The van der Waals surface area contributed by atoms with Gasteiger partial charge in [-0.05, 0) is 32.1 Å². The molecule has 0 bridgehead atoms. The van der Waals surface area contributed by atoms with Crippen molar-refractivity contribution < 1.29 is 31.5 Å². The molecule has 0 atom stereocenters. The quantitative estimate of drug-likeness (QED) is 0.606. The molecule has 1 aromatic carbocycles. The van der Waals surface area contributed by atoms with Crippen LogP contribution in [0.5, 0.6) is 0 Å².